The van der Waals surface area contributed by atoms with Crippen LogP contribution in [0.4, 0.5) is 0 Å². The van der Waals surface area contributed by atoms with Crippen molar-refractivity contribution in [3.05, 3.63) is 77.6 Å². The average molecular weight is 471 g/mol. The lowest BCUT2D eigenvalue weighted by Gasteiger charge is -2.10. The quantitative estimate of drug-likeness (QED) is 0.423. The summed E-state index contributed by atoms with van der Waals surface area (Å²) < 4.78 is 33.3. The summed E-state index contributed by atoms with van der Waals surface area (Å²) in [5.41, 5.74) is 2.47. The lowest BCUT2D eigenvalue weighted by atomic mass is 10.1. The summed E-state index contributed by atoms with van der Waals surface area (Å²) in [5.74, 6) is -0.500. The molecule has 0 amide bonds. The van der Waals surface area contributed by atoms with E-state index in [1.54, 1.807) is 54.7 Å². The lowest BCUT2D eigenvalue weighted by molar-refractivity contribution is -0.136. The maximum absolute atomic E-state index is 13.5. The van der Waals surface area contributed by atoms with Crippen molar-refractivity contribution in [3.8, 4) is 17.0 Å². The zero-order valence-corrected chi connectivity index (χ0v) is 18.6. The number of benzene rings is 2. The van der Waals surface area contributed by atoms with Gasteiger partial charge in [-0.1, -0.05) is 23.7 Å². The average Bonchev–Trinajstić information content (AvgIpc) is 3.16. The summed E-state index contributed by atoms with van der Waals surface area (Å²) in [7, 11) is -2.44. The number of hydrogen-bond acceptors (Lipinski definition) is 5. The molecule has 0 radical (unpaired) electrons. The molecule has 0 aliphatic rings. The van der Waals surface area contributed by atoms with Crippen LogP contribution in [0.5, 0.6) is 5.88 Å². The van der Waals surface area contributed by atoms with Crippen molar-refractivity contribution in [2.45, 2.75) is 17.7 Å². The van der Waals surface area contributed by atoms with Gasteiger partial charge in [-0.3, -0.25) is 4.79 Å². The standard InChI is InChI=1S/C23H19ClN2O5S/c1-31-22-9-5-16(13-25-22)15-3-2-4-19(11-15)32(29,30)26-14-17(6-10-23(27)28)20-12-18(24)7-8-21(20)26/h2-5,7-9,11-14H,6,10H2,1H3,(H,27,28). The van der Waals surface area contributed by atoms with Gasteiger partial charge >= 0.3 is 5.97 Å². The van der Waals surface area contributed by atoms with E-state index >= 15 is 0 Å². The third-order valence-corrected chi connectivity index (χ3v) is 7.00. The van der Waals surface area contributed by atoms with Gasteiger partial charge in [0.15, 0.2) is 0 Å². The van der Waals surface area contributed by atoms with E-state index in [-0.39, 0.29) is 17.7 Å². The zero-order chi connectivity index (χ0) is 22.9. The van der Waals surface area contributed by atoms with Crippen LogP contribution in [-0.2, 0) is 21.2 Å². The topological polar surface area (TPSA) is 98.5 Å². The highest BCUT2D eigenvalue weighted by Gasteiger charge is 2.22. The molecular weight excluding hydrogens is 452 g/mol. The van der Waals surface area contributed by atoms with Gasteiger partial charge in [-0.25, -0.2) is 17.4 Å². The number of pyridine rings is 1. The highest BCUT2D eigenvalue weighted by molar-refractivity contribution is 7.90. The van der Waals surface area contributed by atoms with Gasteiger partial charge in [-0.05, 0) is 53.9 Å². The Morgan fingerprint density at radius 3 is 2.62 bits per heavy atom. The van der Waals surface area contributed by atoms with Crippen LogP contribution in [-0.4, -0.2) is 35.6 Å². The zero-order valence-electron chi connectivity index (χ0n) is 17.0. The Morgan fingerprint density at radius 2 is 1.94 bits per heavy atom. The molecule has 0 fully saturated rings. The Kier molecular flexibility index (Phi) is 5.90. The molecule has 4 aromatic rings. The van der Waals surface area contributed by atoms with Crippen LogP contribution in [0.1, 0.15) is 12.0 Å². The van der Waals surface area contributed by atoms with Gasteiger partial charge in [0.1, 0.15) is 0 Å². The largest absolute Gasteiger partial charge is 0.481 e. The number of fused-ring (bicyclic) bond motifs is 1. The first-order valence-electron chi connectivity index (χ1n) is 9.67. The Bertz CT molecular complexity index is 1410. The van der Waals surface area contributed by atoms with E-state index in [0.717, 1.165) is 5.56 Å². The first-order valence-corrected chi connectivity index (χ1v) is 11.5. The number of methoxy groups -OCH3 is 1. The molecule has 4 rings (SSSR count). The molecule has 9 heteroatoms. The number of aryl methyl sites for hydroxylation is 1. The Hall–Kier alpha value is -3.36. The van der Waals surface area contributed by atoms with Crippen LogP contribution in [0, 0.1) is 0 Å². The maximum atomic E-state index is 13.5. The van der Waals surface area contributed by atoms with Gasteiger partial charge in [0.25, 0.3) is 10.0 Å². The highest BCUT2D eigenvalue weighted by Crippen LogP contribution is 2.31. The SMILES string of the molecule is COc1ccc(-c2cccc(S(=O)(=O)n3cc(CCC(=O)O)c4cc(Cl)ccc43)c2)cn1. The summed E-state index contributed by atoms with van der Waals surface area (Å²) in [6.07, 6.45) is 3.15. The molecule has 2 heterocycles. The molecule has 0 spiro atoms. The molecular formula is C23H19ClN2O5S. The number of halogens is 1. The van der Waals surface area contributed by atoms with E-state index in [9.17, 15) is 13.2 Å². The number of aliphatic carboxylic acids is 1. The van der Waals surface area contributed by atoms with Crippen LogP contribution >= 0.6 is 11.6 Å². The molecule has 0 aliphatic heterocycles. The first-order chi connectivity index (χ1) is 15.3. The summed E-state index contributed by atoms with van der Waals surface area (Å²) in [4.78, 5) is 15.3. The van der Waals surface area contributed by atoms with E-state index in [2.05, 4.69) is 4.98 Å². The summed E-state index contributed by atoms with van der Waals surface area (Å²) in [6, 6.07) is 15.0. The Labute approximate surface area is 189 Å². The smallest absolute Gasteiger partial charge is 0.303 e. The van der Waals surface area contributed by atoms with E-state index in [0.29, 0.717) is 32.9 Å². The van der Waals surface area contributed by atoms with Crippen LogP contribution in [0.2, 0.25) is 5.02 Å². The third-order valence-electron chi connectivity index (χ3n) is 5.09. The predicted molar refractivity (Wildman–Crippen MR) is 122 cm³/mol. The lowest BCUT2D eigenvalue weighted by Crippen LogP contribution is -2.12. The third kappa shape index (κ3) is 4.19. The number of ether oxygens (including phenoxy) is 1. The molecule has 2 aromatic heterocycles. The van der Waals surface area contributed by atoms with Crippen molar-refractivity contribution in [3.63, 3.8) is 0 Å². The second-order valence-corrected chi connectivity index (χ2v) is 9.38. The predicted octanol–water partition coefficient (Wildman–Crippen LogP) is 4.62. The second-order valence-electron chi connectivity index (χ2n) is 7.13. The molecule has 0 atom stereocenters. The molecule has 32 heavy (non-hydrogen) atoms. The van der Waals surface area contributed by atoms with Crippen molar-refractivity contribution < 1.29 is 23.1 Å². The molecule has 1 N–H and O–H groups in total. The van der Waals surface area contributed by atoms with Gasteiger partial charge < -0.3 is 9.84 Å². The van der Waals surface area contributed by atoms with Crippen LogP contribution in [0.15, 0.2) is 71.9 Å². The Morgan fingerprint density at radius 1 is 1.12 bits per heavy atom. The fourth-order valence-corrected chi connectivity index (χ4v) is 5.11. The van der Waals surface area contributed by atoms with Gasteiger partial charge in [0.2, 0.25) is 5.88 Å². The molecule has 7 nitrogen and oxygen atoms in total. The van der Waals surface area contributed by atoms with E-state index in [1.807, 2.05) is 0 Å². The second kappa shape index (κ2) is 8.64. The molecule has 0 unspecified atom stereocenters. The fraction of sp³-hybridized carbons (Fsp3) is 0.130. The summed E-state index contributed by atoms with van der Waals surface area (Å²) in [5, 5.41) is 10.1. The normalized spacial score (nSPS) is 11.6. The van der Waals surface area contributed by atoms with Crippen molar-refractivity contribution in [1.29, 1.82) is 0 Å². The van der Waals surface area contributed by atoms with Crippen LogP contribution in [0.25, 0.3) is 22.0 Å². The van der Waals surface area contributed by atoms with Gasteiger partial charge in [0.05, 0.1) is 17.5 Å². The van der Waals surface area contributed by atoms with Gasteiger partial charge in [-0.2, -0.15) is 0 Å². The number of hydrogen-bond donors (Lipinski definition) is 1. The number of aromatic nitrogens is 2. The summed E-state index contributed by atoms with van der Waals surface area (Å²) in [6.45, 7) is 0. The molecule has 164 valence electrons. The molecule has 0 aliphatic carbocycles. The van der Waals surface area contributed by atoms with E-state index in [1.165, 1.54) is 23.3 Å². The van der Waals surface area contributed by atoms with Crippen molar-refractivity contribution in [2.75, 3.05) is 7.11 Å². The monoisotopic (exact) mass is 470 g/mol. The minimum atomic E-state index is -3.96. The summed E-state index contributed by atoms with van der Waals surface area (Å²) >= 11 is 6.11. The van der Waals surface area contributed by atoms with Crippen molar-refractivity contribution in [1.82, 2.24) is 8.96 Å². The number of carboxylic acid groups (broad SMARTS) is 1. The van der Waals surface area contributed by atoms with Crippen molar-refractivity contribution >= 4 is 38.5 Å². The van der Waals surface area contributed by atoms with E-state index < -0.39 is 16.0 Å². The van der Waals surface area contributed by atoms with Crippen LogP contribution < -0.4 is 4.74 Å². The number of carbonyl (C=O) groups is 1. The molecule has 2 aromatic carbocycles. The molecule has 0 saturated heterocycles. The number of rotatable bonds is 7. The first kappa shape index (κ1) is 21.9. The maximum Gasteiger partial charge on any atom is 0.303 e. The van der Waals surface area contributed by atoms with Gasteiger partial charge in [-0.15, -0.1) is 0 Å². The fourth-order valence-electron chi connectivity index (χ4n) is 3.50. The molecule has 0 bridgehead atoms. The highest BCUT2D eigenvalue weighted by atomic mass is 35.5. The van der Waals surface area contributed by atoms with Gasteiger partial charge in [0, 0.05) is 40.9 Å². The molecule has 0 saturated carbocycles. The Balaban J connectivity index is 1.80. The number of carboxylic acids is 1. The van der Waals surface area contributed by atoms with Crippen LogP contribution in [0.3, 0.4) is 0 Å². The minimum Gasteiger partial charge on any atom is -0.481 e. The van der Waals surface area contributed by atoms with Crippen molar-refractivity contribution in [2.24, 2.45) is 0 Å². The number of nitrogens with zero attached hydrogens (tertiary/aromatic N) is 2. The minimum absolute atomic E-state index is 0.0995. The van der Waals surface area contributed by atoms with E-state index in [4.69, 9.17) is 21.4 Å².